The molecule has 3 aromatic rings. The Bertz CT molecular complexity index is 1190. The lowest BCUT2D eigenvalue weighted by molar-refractivity contribution is -0.116. The summed E-state index contributed by atoms with van der Waals surface area (Å²) in [6.07, 6.45) is 0.573. The van der Waals surface area contributed by atoms with Gasteiger partial charge >= 0.3 is 5.69 Å². The first kappa shape index (κ1) is 25.1. The third-order valence-electron chi connectivity index (χ3n) is 4.92. The third kappa shape index (κ3) is 7.23. The van der Waals surface area contributed by atoms with Crippen molar-refractivity contribution < 1.29 is 14.3 Å². The number of ether oxygens (including phenoxy) is 2. The summed E-state index contributed by atoms with van der Waals surface area (Å²) < 4.78 is 12.0. The molecule has 0 radical (unpaired) electrons. The number of H-pyrrole nitrogens is 1. The molecule has 34 heavy (non-hydrogen) atoms. The van der Waals surface area contributed by atoms with Gasteiger partial charge in [0, 0.05) is 25.1 Å². The minimum atomic E-state index is -0.631. The van der Waals surface area contributed by atoms with E-state index in [0.29, 0.717) is 30.3 Å². The number of amides is 1. The summed E-state index contributed by atoms with van der Waals surface area (Å²) in [5.41, 5.74) is -0.205. The molecule has 0 aliphatic rings. The van der Waals surface area contributed by atoms with Crippen molar-refractivity contribution in [2.75, 3.05) is 31.0 Å². The molecule has 0 saturated heterocycles. The topological polar surface area (TPSA) is 114 Å². The Kier molecular flexibility index (Phi) is 9.30. The van der Waals surface area contributed by atoms with E-state index in [1.807, 2.05) is 30.3 Å². The Hall–Kier alpha value is -3.56. The number of aromatic nitrogens is 2. The average molecular weight is 487 g/mol. The van der Waals surface area contributed by atoms with Crippen LogP contribution in [0.25, 0.3) is 0 Å². The van der Waals surface area contributed by atoms with Crippen molar-refractivity contribution in [3.8, 4) is 5.75 Å². The van der Waals surface area contributed by atoms with Crippen LogP contribution in [0.15, 0.2) is 64.2 Å². The zero-order chi connectivity index (χ0) is 24.3. The molecule has 0 aliphatic heterocycles. The van der Waals surface area contributed by atoms with Crippen molar-refractivity contribution in [3.05, 3.63) is 86.0 Å². The summed E-state index contributed by atoms with van der Waals surface area (Å²) in [5.74, 6) is 0.407. The molecule has 3 N–H and O–H groups in total. The summed E-state index contributed by atoms with van der Waals surface area (Å²) in [4.78, 5) is 40.0. The second kappa shape index (κ2) is 12.6. The van der Waals surface area contributed by atoms with Gasteiger partial charge < -0.3 is 20.1 Å². The van der Waals surface area contributed by atoms with Crippen LogP contribution in [0.5, 0.6) is 5.75 Å². The number of nitrogens with one attached hydrogen (secondary N) is 3. The van der Waals surface area contributed by atoms with E-state index in [0.717, 1.165) is 5.56 Å². The zero-order valence-corrected chi connectivity index (χ0v) is 19.6. The van der Waals surface area contributed by atoms with Crippen molar-refractivity contribution in [2.45, 2.75) is 25.9 Å². The van der Waals surface area contributed by atoms with Gasteiger partial charge in [0.1, 0.15) is 17.3 Å². The molecule has 0 unspecified atom stereocenters. The molecule has 3 rings (SSSR count). The van der Waals surface area contributed by atoms with Crippen LogP contribution in [0.4, 0.5) is 11.5 Å². The maximum absolute atomic E-state index is 12.7. The van der Waals surface area contributed by atoms with Crippen LogP contribution in [0.1, 0.15) is 18.4 Å². The van der Waals surface area contributed by atoms with Gasteiger partial charge in [-0.15, -0.1) is 0 Å². The van der Waals surface area contributed by atoms with E-state index in [1.165, 1.54) is 11.7 Å². The molecule has 1 aromatic heterocycles. The molecule has 1 heterocycles. The number of aromatic amines is 1. The van der Waals surface area contributed by atoms with Gasteiger partial charge in [0.05, 0.1) is 19.8 Å². The van der Waals surface area contributed by atoms with Gasteiger partial charge in [-0.2, -0.15) is 0 Å². The molecule has 0 atom stereocenters. The summed E-state index contributed by atoms with van der Waals surface area (Å²) in [6.45, 7) is 1.04. The van der Waals surface area contributed by atoms with E-state index in [-0.39, 0.29) is 37.0 Å². The predicted molar refractivity (Wildman–Crippen MR) is 132 cm³/mol. The largest absolute Gasteiger partial charge is 0.494 e. The maximum Gasteiger partial charge on any atom is 0.330 e. The fourth-order valence-electron chi connectivity index (χ4n) is 3.20. The Balaban J connectivity index is 1.71. The smallest absolute Gasteiger partial charge is 0.330 e. The minimum absolute atomic E-state index is 0.102. The molecule has 0 aliphatic carbocycles. The molecule has 0 bridgehead atoms. The van der Waals surface area contributed by atoms with Gasteiger partial charge in [0.2, 0.25) is 5.91 Å². The number of benzene rings is 2. The molecular formula is C24H27ClN4O5. The van der Waals surface area contributed by atoms with Gasteiger partial charge in [-0.1, -0.05) is 41.9 Å². The second-order valence-electron chi connectivity index (χ2n) is 7.42. The normalized spacial score (nSPS) is 10.6. The van der Waals surface area contributed by atoms with E-state index in [9.17, 15) is 14.4 Å². The molecule has 180 valence electrons. The van der Waals surface area contributed by atoms with Gasteiger partial charge in [-0.25, -0.2) is 4.79 Å². The van der Waals surface area contributed by atoms with E-state index in [1.54, 1.807) is 24.3 Å². The van der Waals surface area contributed by atoms with Crippen molar-refractivity contribution in [1.29, 1.82) is 0 Å². The van der Waals surface area contributed by atoms with Crippen LogP contribution in [-0.2, 0) is 22.6 Å². The maximum atomic E-state index is 12.7. The van der Waals surface area contributed by atoms with Crippen molar-refractivity contribution in [2.24, 2.45) is 0 Å². The SMILES string of the molecule is COCCn1c(NC(=O)CCCOc2ccc(Cl)cc2)c(NCc2ccccc2)c(=O)[nH]c1=O. The van der Waals surface area contributed by atoms with Crippen molar-refractivity contribution in [1.82, 2.24) is 9.55 Å². The van der Waals surface area contributed by atoms with Gasteiger partial charge in [0.25, 0.3) is 5.56 Å². The first-order valence-electron chi connectivity index (χ1n) is 10.8. The highest BCUT2D eigenvalue weighted by Crippen LogP contribution is 2.18. The first-order valence-corrected chi connectivity index (χ1v) is 11.2. The highest BCUT2D eigenvalue weighted by Gasteiger charge is 2.17. The van der Waals surface area contributed by atoms with Crippen LogP contribution in [-0.4, -0.2) is 35.8 Å². The van der Waals surface area contributed by atoms with Crippen LogP contribution in [0, 0.1) is 0 Å². The standard InChI is InChI=1S/C24H27ClN4O5/c1-33-15-13-29-22(27-20(30)8-5-14-34-19-11-9-18(25)10-12-19)21(23(31)28-24(29)32)26-16-17-6-3-2-4-7-17/h2-4,6-7,9-12,26H,5,8,13-16H2,1H3,(H,27,30)(H,28,31,32). The number of hydrogen-bond acceptors (Lipinski definition) is 6. The lowest BCUT2D eigenvalue weighted by Gasteiger charge is -2.18. The number of anilines is 2. The van der Waals surface area contributed by atoms with E-state index < -0.39 is 11.2 Å². The lowest BCUT2D eigenvalue weighted by Crippen LogP contribution is -2.36. The molecule has 10 heteroatoms. The number of hydrogen-bond donors (Lipinski definition) is 3. The van der Waals surface area contributed by atoms with E-state index in [4.69, 9.17) is 21.1 Å². The van der Waals surface area contributed by atoms with E-state index >= 15 is 0 Å². The Morgan fingerprint density at radius 2 is 1.79 bits per heavy atom. The summed E-state index contributed by atoms with van der Waals surface area (Å²) >= 11 is 5.86. The Labute approximate surface area is 201 Å². The molecule has 1 amide bonds. The van der Waals surface area contributed by atoms with Crippen LogP contribution in [0.2, 0.25) is 5.02 Å². The number of halogens is 1. The number of carbonyl (C=O) groups is 1. The number of carbonyl (C=O) groups excluding carboxylic acids is 1. The summed E-state index contributed by atoms with van der Waals surface area (Å²) in [6, 6.07) is 16.4. The summed E-state index contributed by atoms with van der Waals surface area (Å²) in [5, 5.41) is 6.38. The van der Waals surface area contributed by atoms with Crippen LogP contribution >= 0.6 is 11.6 Å². The molecule has 0 saturated carbocycles. The predicted octanol–water partition coefficient (Wildman–Crippen LogP) is 3.25. The van der Waals surface area contributed by atoms with Crippen LogP contribution < -0.4 is 26.6 Å². The monoisotopic (exact) mass is 486 g/mol. The second-order valence-corrected chi connectivity index (χ2v) is 7.86. The molecule has 2 aromatic carbocycles. The fraction of sp³-hybridized carbons (Fsp3) is 0.292. The number of rotatable bonds is 12. The Morgan fingerprint density at radius 3 is 2.50 bits per heavy atom. The van der Waals surface area contributed by atoms with Gasteiger partial charge in [0.15, 0.2) is 0 Å². The van der Waals surface area contributed by atoms with Crippen molar-refractivity contribution in [3.63, 3.8) is 0 Å². The molecule has 0 fully saturated rings. The third-order valence-corrected chi connectivity index (χ3v) is 5.17. The van der Waals surface area contributed by atoms with Crippen LogP contribution in [0.3, 0.4) is 0 Å². The molecule has 9 nitrogen and oxygen atoms in total. The highest BCUT2D eigenvalue weighted by atomic mass is 35.5. The quantitative estimate of drug-likeness (QED) is 0.339. The van der Waals surface area contributed by atoms with E-state index in [2.05, 4.69) is 15.6 Å². The zero-order valence-electron chi connectivity index (χ0n) is 18.8. The fourth-order valence-corrected chi connectivity index (χ4v) is 3.32. The Morgan fingerprint density at radius 1 is 1.06 bits per heavy atom. The lowest BCUT2D eigenvalue weighted by atomic mass is 10.2. The van der Waals surface area contributed by atoms with Crippen molar-refractivity contribution >= 4 is 29.0 Å². The molecule has 0 spiro atoms. The van der Waals surface area contributed by atoms with Gasteiger partial charge in [-0.3, -0.25) is 19.1 Å². The highest BCUT2D eigenvalue weighted by molar-refractivity contribution is 6.30. The molecular weight excluding hydrogens is 460 g/mol. The number of methoxy groups -OCH3 is 1. The number of nitrogens with zero attached hydrogens (tertiary/aromatic N) is 1. The minimum Gasteiger partial charge on any atom is -0.494 e. The average Bonchev–Trinajstić information content (AvgIpc) is 2.83. The van der Waals surface area contributed by atoms with Gasteiger partial charge in [-0.05, 0) is 36.2 Å². The first-order chi connectivity index (χ1) is 16.5. The summed E-state index contributed by atoms with van der Waals surface area (Å²) in [7, 11) is 1.50.